The van der Waals surface area contributed by atoms with Crippen LogP contribution < -0.4 is 5.32 Å². The fourth-order valence-corrected chi connectivity index (χ4v) is 2.67. The summed E-state index contributed by atoms with van der Waals surface area (Å²) in [6.45, 7) is 4.03. The van der Waals surface area contributed by atoms with Gasteiger partial charge in [0.1, 0.15) is 5.82 Å². The molecule has 19 heavy (non-hydrogen) atoms. The molecule has 0 bridgehead atoms. The highest BCUT2D eigenvalue weighted by molar-refractivity contribution is 5.93. The Bertz CT molecular complexity index is 500. The van der Waals surface area contributed by atoms with Gasteiger partial charge in [0.25, 0.3) is 0 Å². The Morgan fingerprint density at radius 2 is 2.26 bits per heavy atom. The van der Waals surface area contributed by atoms with E-state index < -0.39 is 0 Å². The summed E-state index contributed by atoms with van der Waals surface area (Å²) in [7, 11) is 1.89. The molecule has 0 fully saturated rings. The quantitative estimate of drug-likeness (QED) is 0.902. The molecule has 4 nitrogen and oxygen atoms in total. The van der Waals surface area contributed by atoms with Crippen molar-refractivity contribution in [3.8, 4) is 0 Å². The second kappa shape index (κ2) is 6.04. The van der Waals surface area contributed by atoms with Crippen LogP contribution in [0.5, 0.6) is 0 Å². The normalized spacial score (nSPS) is 15.2. The van der Waals surface area contributed by atoms with Gasteiger partial charge in [0.2, 0.25) is 5.91 Å². The predicted octanol–water partition coefficient (Wildman–Crippen LogP) is 3.42. The maximum absolute atomic E-state index is 11.8. The molecular weight excluding hydrogens is 238 g/mol. The summed E-state index contributed by atoms with van der Waals surface area (Å²) in [4.78, 5) is 11.8. The van der Waals surface area contributed by atoms with Gasteiger partial charge in [0.05, 0.1) is 5.69 Å². The fraction of sp³-hybridized carbons (Fsp3) is 0.600. The van der Waals surface area contributed by atoms with Crippen LogP contribution in [0.3, 0.4) is 0 Å². The lowest BCUT2D eigenvalue weighted by molar-refractivity contribution is -0.116. The van der Waals surface area contributed by atoms with E-state index in [4.69, 9.17) is 0 Å². The third-order valence-electron chi connectivity index (χ3n) is 3.57. The first-order valence-electron chi connectivity index (χ1n) is 7.16. The first-order chi connectivity index (χ1) is 9.13. The molecule has 0 saturated heterocycles. The Kier molecular flexibility index (Phi) is 4.40. The maximum Gasteiger partial charge on any atom is 0.225 e. The molecule has 1 aliphatic carbocycles. The van der Waals surface area contributed by atoms with Gasteiger partial charge < -0.3 is 5.32 Å². The van der Waals surface area contributed by atoms with Gasteiger partial charge in [0.15, 0.2) is 0 Å². The Morgan fingerprint density at radius 3 is 2.89 bits per heavy atom. The molecule has 1 aromatic heterocycles. The van der Waals surface area contributed by atoms with Crippen molar-refractivity contribution in [3.05, 3.63) is 17.3 Å². The average molecular weight is 261 g/mol. The van der Waals surface area contributed by atoms with E-state index in [-0.39, 0.29) is 5.91 Å². The second-order valence-electron chi connectivity index (χ2n) is 5.21. The Hall–Kier alpha value is -1.58. The van der Waals surface area contributed by atoms with Gasteiger partial charge in [-0.25, -0.2) is 0 Å². The number of anilines is 1. The first kappa shape index (κ1) is 13.8. The van der Waals surface area contributed by atoms with E-state index in [9.17, 15) is 4.79 Å². The minimum absolute atomic E-state index is 0.0724. The number of carbonyl (C=O) groups is 1. The third-order valence-corrected chi connectivity index (χ3v) is 3.57. The summed E-state index contributed by atoms with van der Waals surface area (Å²) in [5, 5.41) is 7.48. The maximum atomic E-state index is 11.8. The molecular formula is C15H23N3O. The van der Waals surface area contributed by atoms with Crippen LogP contribution in [0.15, 0.2) is 6.08 Å². The molecule has 0 atom stereocenters. The summed E-state index contributed by atoms with van der Waals surface area (Å²) in [5.74, 6) is 0.923. The highest BCUT2D eigenvalue weighted by Crippen LogP contribution is 2.33. The van der Waals surface area contributed by atoms with E-state index in [1.807, 2.05) is 20.9 Å². The number of nitrogens with one attached hydrogen (secondary N) is 1. The lowest BCUT2D eigenvalue weighted by atomic mass is 9.93. The van der Waals surface area contributed by atoms with E-state index in [2.05, 4.69) is 16.5 Å². The molecule has 0 aromatic carbocycles. The van der Waals surface area contributed by atoms with Gasteiger partial charge >= 0.3 is 0 Å². The number of nitrogens with zero attached hydrogens (tertiary/aromatic N) is 2. The Balaban J connectivity index is 2.31. The number of hydrogen-bond acceptors (Lipinski definition) is 2. The SMILES string of the molecule is CCCC(=O)Nc1c(C2=CCCCC2)c(C)nn1C. The lowest BCUT2D eigenvalue weighted by Crippen LogP contribution is -2.15. The fourth-order valence-electron chi connectivity index (χ4n) is 2.67. The topological polar surface area (TPSA) is 46.9 Å². The van der Waals surface area contributed by atoms with Gasteiger partial charge in [-0.05, 0) is 44.6 Å². The van der Waals surface area contributed by atoms with Crippen molar-refractivity contribution in [2.45, 2.75) is 52.4 Å². The standard InChI is InChI=1S/C15H23N3O/c1-4-8-13(19)16-15-14(11(2)17-18(15)3)12-9-6-5-7-10-12/h9H,4-8,10H2,1-3H3,(H,16,19). The zero-order valence-corrected chi connectivity index (χ0v) is 12.1. The van der Waals surface area contributed by atoms with Crippen LogP contribution in [0.4, 0.5) is 5.82 Å². The molecule has 0 aliphatic heterocycles. The summed E-state index contributed by atoms with van der Waals surface area (Å²) < 4.78 is 1.79. The minimum Gasteiger partial charge on any atom is -0.310 e. The molecule has 4 heteroatoms. The van der Waals surface area contributed by atoms with Gasteiger partial charge in [-0.3, -0.25) is 9.48 Å². The average Bonchev–Trinajstić information content (AvgIpc) is 2.65. The van der Waals surface area contributed by atoms with Crippen molar-refractivity contribution < 1.29 is 4.79 Å². The molecule has 0 spiro atoms. The minimum atomic E-state index is 0.0724. The number of aromatic nitrogens is 2. The molecule has 1 aliphatic rings. The van der Waals surface area contributed by atoms with E-state index in [1.54, 1.807) is 4.68 Å². The van der Waals surface area contributed by atoms with E-state index >= 15 is 0 Å². The molecule has 1 N–H and O–H groups in total. The van der Waals surface area contributed by atoms with E-state index in [1.165, 1.54) is 18.4 Å². The number of aryl methyl sites for hydroxylation is 2. The third kappa shape index (κ3) is 3.06. The van der Waals surface area contributed by atoms with Crippen LogP contribution in [0, 0.1) is 6.92 Å². The molecule has 0 unspecified atom stereocenters. The number of carbonyl (C=O) groups excluding carboxylic acids is 1. The zero-order valence-electron chi connectivity index (χ0n) is 12.1. The van der Waals surface area contributed by atoms with Crippen molar-refractivity contribution in [2.75, 3.05) is 5.32 Å². The van der Waals surface area contributed by atoms with Crippen LogP contribution in [0.25, 0.3) is 5.57 Å². The Labute approximate surface area is 114 Å². The number of hydrogen-bond donors (Lipinski definition) is 1. The highest BCUT2D eigenvalue weighted by Gasteiger charge is 2.19. The summed E-state index contributed by atoms with van der Waals surface area (Å²) in [6, 6.07) is 0. The lowest BCUT2D eigenvalue weighted by Gasteiger charge is -2.15. The van der Waals surface area contributed by atoms with Crippen LogP contribution in [0.1, 0.15) is 56.7 Å². The Morgan fingerprint density at radius 1 is 1.47 bits per heavy atom. The second-order valence-corrected chi connectivity index (χ2v) is 5.21. The largest absolute Gasteiger partial charge is 0.310 e. The van der Waals surface area contributed by atoms with Crippen molar-refractivity contribution in [1.29, 1.82) is 0 Å². The molecule has 104 valence electrons. The molecule has 1 aromatic rings. The molecule has 1 heterocycles. The monoisotopic (exact) mass is 261 g/mol. The highest BCUT2D eigenvalue weighted by atomic mass is 16.1. The molecule has 0 saturated carbocycles. The summed E-state index contributed by atoms with van der Waals surface area (Å²) in [5.41, 5.74) is 3.47. The first-order valence-corrected chi connectivity index (χ1v) is 7.16. The van der Waals surface area contributed by atoms with Crippen LogP contribution in [-0.4, -0.2) is 15.7 Å². The van der Waals surface area contributed by atoms with Gasteiger partial charge in [-0.2, -0.15) is 5.10 Å². The van der Waals surface area contributed by atoms with E-state index in [0.29, 0.717) is 6.42 Å². The van der Waals surface area contributed by atoms with Crippen molar-refractivity contribution in [1.82, 2.24) is 9.78 Å². The van der Waals surface area contributed by atoms with Crippen molar-refractivity contribution in [2.24, 2.45) is 7.05 Å². The summed E-state index contributed by atoms with van der Waals surface area (Å²) in [6.07, 6.45) is 8.42. The smallest absolute Gasteiger partial charge is 0.225 e. The predicted molar refractivity (Wildman–Crippen MR) is 77.9 cm³/mol. The van der Waals surface area contributed by atoms with Gasteiger partial charge in [-0.1, -0.05) is 13.0 Å². The molecule has 2 rings (SSSR count). The van der Waals surface area contributed by atoms with Crippen LogP contribution >= 0.6 is 0 Å². The molecule has 0 radical (unpaired) electrons. The molecule has 1 amide bonds. The van der Waals surface area contributed by atoms with Gasteiger partial charge in [-0.15, -0.1) is 0 Å². The zero-order chi connectivity index (χ0) is 13.8. The number of allylic oxidation sites excluding steroid dienone is 2. The van der Waals surface area contributed by atoms with Crippen molar-refractivity contribution >= 4 is 17.3 Å². The van der Waals surface area contributed by atoms with E-state index in [0.717, 1.165) is 36.3 Å². The number of amides is 1. The van der Waals surface area contributed by atoms with Gasteiger partial charge in [0, 0.05) is 19.0 Å². The van der Waals surface area contributed by atoms with Crippen molar-refractivity contribution in [3.63, 3.8) is 0 Å². The summed E-state index contributed by atoms with van der Waals surface area (Å²) >= 11 is 0. The van der Waals surface area contributed by atoms with Crippen LogP contribution in [-0.2, 0) is 11.8 Å². The van der Waals surface area contributed by atoms with Crippen LogP contribution in [0.2, 0.25) is 0 Å². The number of rotatable bonds is 4.